The van der Waals surface area contributed by atoms with Crippen LogP contribution in [0.3, 0.4) is 0 Å². The van der Waals surface area contributed by atoms with Crippen LogP contribution >= 0.6 is 11.6 Å². The first-order valence-corrected chi connectivity index (χ1v) is 6.72. The average Bonchev–Trinajstić information content (AvgIpc) is 2.44. The van der Waals surface area contributed by atoms with Crippen LogP contribution in [0.5, 0.6) is 0 Å². The molecule has 112 valence electrons. The molecule has 1 aliphatic heterocycles. The molecular weight excluding hydrogens is 293 g/mol. The number of aliphatic hydroxyl groups excluding tert-OH is 1. The van der Waals surface area contributed by atoms with Crippen molar-refractivity contribution in [2.75, 3.05) is 32.8 Å². The fraction of sp³-hybridized carbons (Fsp3) is 0.538. The normalized spacial score (nSPS) is 19.1. The summed E-state index contributed by atoms with van der Waals surface area (Å²) in [5, 5.41) is 12.1. The van der Waals surface area contributed by atoms with Gasteiger partial charge in [0.25, 0.3) is 5.92 Å². The molecule has 1 saturated heterocycles. The Bertz CT molecular complexity index is 467. The Morgan fingerprint density at radius 3 is 2.60 bits per heavy atom. The van der Waals surface area contributed by atoms with Crippen molar-refractivity contribution in [3.63, 3.8) is 0 Å². The van der Waals surface area contributed by atoms with E-state index in [2.05, 4.69) is 5.32 Å². The molecule has 1 aliphatic rings. The van der Waals surface area contributed by atoms with Crippen LogP contribution < -0.4 is 5.32 Å². The van der Waals surface area contributed by atoms with Crippen molar-refractivity contribution >= 4 is 11.6 Å². The van der Waals surface area contributed by atoms with Crippen LogP contribution in [-0.4, -0.2) is 48.7 Å². The lowest BCUT2D eigenvalue weighted by Gasteiger charge is -2.39. The Balaban J connectivity index is 2.42. The van der Waals surface area contributed by atoms with Crippen LogP contribution in [0.1, 0.15) is 11.6 Å². The van der Waals surface area contributed by atoms with Gasteiger partial charge >= 0.3 is 0 Å². The molecule has 0 amide bonds. The SMILES string of the molecule is OCC(F)(F)[C@H](c1cc(F)ccc1Cl)N1CCNCC1. The monoisotopic (exact) mass is 308 g/mol. The molecule has 0 saturated carbocycles. The van der Waals surface area contributed by atoms with Crippen molar-refractivity contribution in [1.82, 2.24) is 10.2 Å². The lowest BCUT2D eigenvalue weighted by molar-refractivity contribution is -0.118. The molecule has 0 radical (unpaired) electrons. The van der Waals surface area contributed by atoms with Crippen molar-refractivity contribution in [3.05, 3.63) is 34.6 Å². The molecule has 1 aromatic carbocycles. The highest BCUT2D eigenvalue weighted by Crippen LogP contribution is 2.39. The first-order chi connectivity index (χ1) is 9.45. The first kappa shape index (κ1) is 15.6. The van der Waals surface area contributed by atoms with Gasteiger partial charge in [-0.3, -0.25) is 4.90 Å². The molecule has 1 heterocycles. The Hall–Kier alpha value is -0.820. The van der Waals surface area contributed by atoms with E-state index in [4.69, 9.17) is 16.7 Å². The number of hydrogen-bond acceptors (Lipinski definition) is 3. The van der Waals surface area contributed by atoms with Gasteiger partial charge in [-0.2, -0.15) is 0 Å². The number of aliphatic hydroxyl groups is 1. The topological polar surface area (TPSA) is 35.5 Å². The van der Waals surface area contributed by atoms with Crippen molar-refractivity contribution in [1.29, 1.82) is 0 Å². The van der Waals surface area contributed by atoms with Crippen LogP contribution in [0.2, 0.25) is 5.02 Å². The highest BCUT2D eigenvalue weighted by Gasteiger charge is 2.45. The molecule has 0 bridgehead atoms. The van der Waals surface area contributed by atoms with Crippen LogP contribution in [0.4, 0.5) is 13.2 Å². The van der Waals surface area contributed by atoms with Gasteiger partial charge in [-0.05, 0) is 23.8 Å². The highest BCUT2D eigenvalue weighted by atomic mass is 35.5. The molecule has 1 atom stereocenters. The second-order valence-corrected chi connectivity index (χ2v) is 5.18. The standard InChI is InChI=1S/C13H16ClF3N2O/c14-11-2-1-9(15)7-10(11)12(13(16,17)8-20)19-5-3-18-4-6-19/h1-2,7,12,18,20H,3-6,8H2/t12-/m0/s1. The largest absolute Gasteiger partial charge is 0.390 e. The van der Waals surface area contributed by atoms with E-state index in [9.17, 15) is 13.2 Å². The van der Waals surface area contributed by atoms with Gasteiger partial charge in [-0.1, -0.05) is 11.6 Å². The summed E-state index contributed by atoms with van der Waals surface area (Å²) in [6.07, 6.45) is 0. The summed E-state index contributed by atoms with van der Waals surface area (Å²) < 4.78 is 41.6. The zero-order valence-electron chi connectivity index (χ0n) is 10.8. The van der Waals surface area contributed by atoms with E-state index in [1.165, 1.54) is 11.0 Å². The number of rotatable bonds is 4. The molecule has 2 N–H and O–H groups in total. The minimum atomic E-state index is -3.39. The minimum Gasteiger partial charge on any atom is -0.390 e. The molecule has 7 heteroatoms. The molecule has 0 aliphatic carbocycles. The van der Waals surface area contributed by atoms with E-state index in [1.54, 1.807) is 0 Å². The van der Waals surface area contributed by atoms with Gasteiger partial charge in [0.1, 0.15) is 18.5 Å². The predicted molar refractivity (Wildman–Crippen MR) is 70.6 cm³/mol. The van der Waals surface area contributed by atoms with E-state index >= 15 is 0 Å². The molecule has 0 aromatic heterocycles. The van der Waals surface area contributed by atoms with Gasteiger partial charge < -0.3 is 10.4 Å². The summed E-state index contributed by atoms with van der Waals surface area (Å²) in [5.41, 5.74) is 0.00705. The Morgan fingerprint density at radius 2 is 2.00 bits per heavy atom. The minimum absolute atomic E-state index is 0.00705. The zero-order chi connectivity index (χ0) is 14.8. The number of benzene rings is 1. The Labute approximate surface area is 120 Å². The van der Waals surface area contributed by atoms with Crippen molar-refractivity contribution in [2.45, 2.75) is 12.0 Å². The Morgan fingerprint density at radius 1 is 1.35 bits per heavy atom. The first-order valence-electron chi connectivity index (χ1n) is 6.34. The summed E-state index contributed by atoms with van der Waals surface area (Å²) in [5.74, 6) is -4.02. The van der Waals surface area contributed by atoms with E-state index < -0.39 is 24.4 Å². The second-order valence-electron chi connectivity index (χ2n) is 4.77. The van der Waals surface area contributed by atoms with Crippen molar-refractivity contribution in [3.8, 4) is 0 Å². The number of halogens is 4. The quantitative estimate of drug-likeness (QED) is 0.894. The zero-order valence-corrected chi connectivity index (χ0v) is 11.5. The van der Waals surface area contributed by atoms with Crippen molar-refractivity contribution in [2.24, 2.45) is 0 Å². The number of hydrogen-bond donors (Lipinski definition) is 2. The smallest absolute Gasteiger partial charge is 0.289 e. The maximum absolute atomic E-state index is 14.1. The lowest BCUT2D eigenvalue weighted by Crippen LogP contribution is -2.51. The van der Waals surface area contributed by atoms with Gasteiger partial charge in [0.05, 0.1) is 0 Å². The van der Waals surface area contributed by atoms with E-state index in [0.29, 0.717) is 26.2 Å². The summed E-state index contributed by atoms with van der Waals surface area (Å²) in [4.78, 5) is 1.52. The van der Waals surface area contributed by atoms with E-state index in [1.807, 2.05) is 0 Å². The molecule has 1 aromatic rings. The van der Waals surface area contributed by atoms with Gasteiger partial charge in [-0.15, -0.1) is 0 Å². The molecule has 20 heavy (non-hydrogen) atoms. The summed E-state index contributed by atoms with van der Waals surface area (Å²) in [6.45, 7) is 0.574. The van der Waals surface area contributed by atoms with Gasteiger partial charge in [0.15, 0.2) is 0 Å². The number of alkyl halides is 2. The highest BCUT2D eigenvalue weighted by molar-refractivity contribution is 6.31. The molecule has 1 fully saturated rings. The molecule has 2 rings (SSSR count). The third kappa shape index (κ3) is 3.25. The number of nitrogens with one attached hydrogen (secondary N) is 1. The maximum atomic E-state index is 14.1. The van der Waals surface area contributed by atoms with E-state index in [-0.39, 0.29) is 10.6 Å². The number of nitrogens with zero attached hydrogens (tertiary/aromatic N) is 1. The third-order valence-electron chi connectivity index (χ3n) is 3.38. The van der Waals surface area contributed by atoms with Crippen molar-refractivity contribution < 1.29 is 18.3 Å². The maximum Gasteiger partial charge on any atom is 0.289 e. The summed E-state index contributed by atoms with van der Waals surface area (Å²) in [7, 11) is 0. The molecular formula is C13H16ClF3N2O. The van der Waals surface area contributed by atoms with Gasteiger partial charge in [-0.25, -0.2) is 13.2 Å². The van der Waals surface area contributed by atoms with Crippen LogP contribution in [0.25, 0.3) is 0 Å². The molecule has 0 unspecified atom stereocenters. The predicted octanol–water partition coefficient (Wildman–Crippen LogP) is 2.05. The molecule has 3 nitrogen and oxygen atoms in total. The third-order valence-corrected chi connectivity index (χ3v) is 3.72. The van der Waals surface area contributed by atoms with Crippen LogP contribution in [0, 0.1) is 5.82 Å². The fourth-order valence-electron chi connectivity index (χ4n) is 2.44. The average molecular weight is 309 g/mol. The molecule has 0 spiro atoms. The van der Waals surface area contributed by atoms with E-state index in [0.717, 1.165) is 12.1 Å². The van der Waals surface area contributed by atoms with Gasteiger partial charge in [0, 0.05) is 31.2 Å². The summed E-state index contributed by atoms with van der Waals surface area (Å²) >= 11 is 5.95. The fourth-order valence-corrected chi connectivity index (χ4v) is 2.66. The van der Waals surface area contributed by atoms with Gasteiger partial charge in [0.2, 0.25) is 0 Å². The number of piperazine rings is 1. The lowest BCUT2D eigenvalue weighted by atomic mass is 9.98. The van der Waals surface area contributed by atoms with Crippen LogP contribution in [-0.2, 0) is 0 Å². The summed E-state index contributed by atoms with van der Waals surface area (Å²) in [6, 6.07) is 1.96. The Kier molecular flexibility index (Phi) is 4.90. The second kappa shape index (κ2) is 6.30. The van der Waals surface area contributed by atoms with Crippen LogP contribution in [0.15, 0.2) is 18.2 Å².